The average Bonchev–Trinajstić information content (AvgIpc) is 2.85. The molecular formula is C27H33N5O2. The summed E-state index contributed by atoms with van der Waals surface area (Å²) in [5.74, 6) is 0.0576. The first-order valence-corrected chi connectivity index (χ1v) is 12.0. The lowest BCUT2D eigenvalue weighted by molar-refractivity contribution is -0.119. The molecule has 7 nitrogen and oxygen atoms in total. The Balaban J connectivity index is 1.23. The number of rotatable bonds is 9. The number of hydrogen-bond acceptors (Lipinski definition) is 5. The molecule has 0 unspecified atom stereocenters. The first kappa shape index (κ1) is 23.7. The number of aromatic nitrogens is 2. The van der Waals surface area contributed by atoms with Crippen molar-refractivity contribution in [2.45, 2.75) is 51.9 Å². The summed E-state index contributed by atoms with van der Waals surface area (Å²) in [7, 11) is 0. The molecule has 0 radical (unpaired) electrons. The number of hydrogen-bond donors (Lipinski definition) is 2. The highest BCUT2D eigenvalue weighted by atomic mass is 16.1. The quantitative estimate of drug-likeness (QED) is 0.514. The molecule has 2 N–H and O–H groups in total. The third-order valence-electron chi connectivity index (χ3n) is 6.25. The molecule has 0 atom stereocenters. The monoisotopic (exact) mass is 459 g/mol. The van der Waals surface area contributed by atoms with E-state index in [4.69, 9.17) is 0 Å². The zero-order valence-electron chi connectivity index (χ0n) is 19.7. The number of piperidine rings is 1. The molecule has 1 amide bonds. The molecule has 178 valence electrons. The van der Waals surface area contributed by atoms with Crippen LogP contribution in [0.25, 0.3) is 0 Å². The molecule has 0 aliphatic carbocycles. The first-order valence-electron chi connectivity index (χ1n) is 12.0. The fraction of sp³-hybridized carbons (Fsp3) is 0.370. The predicted octanol–water partition coefficient (Wildman–Crippen LogP) is 3.20. The Labute approximate surface area is 200 Å². The number of carbonyl (C=O) groups excluding carboxylic acids is 1. The number of amides is 1. The Bertz CT molecular complexity index is 1120. The van der Waals surface area contributed by atoms with Crippen LogP contribution in [0.3, 0.4) is 0 Å². The summed E-state index contributed by atoms with van der Waals surface area (Å²) in [5.41, 5.74) is 4.26. The van der Waals surface area contributed by atoms with Crippen molar-refractivity contribution in [3.8, 4) is 0 Å². The molecule has 0 saturated carbocycles. The van der Waals surface area contributed by atoms with Crippen molar-refractivity contribution < 1.29 is 4.79 Å². The van der Waals surface area contributed by atoms with E-state index in [1.807, 2.05) is 30.3 Å². The van der Waals surface area contributed by atoms with Gasteiger partial charge in [0.1, 0.15) is 0 Å². The largest absolute Gasteiger partial charge is 0.380 e. The maximum atomic E-state index is 12.5. The summed E-state index contributed by atoms with van der Waals surface area (Å²) in [5, 5.41) is 10.6. The Morgan fingerprint density at radius 2 is 1.71 bits per heavy atom. The second kappa shape index (κ2) is 11.6. The van der Waals surface area contributed by atoms with Crippen LogP contribution in [0.15, 0.2) is 71.7 Å². The molecule has 1 aliphatic rings. The molecule has 34 heavy (non-hydrogen) atoms. The summed E-state index contributed by atoms with van der Waals surface area (Å²) < 4.78 is 1.51. The highest BCUT2D eigenvalue weighted by molar-refractivity contribution is 5.73. The standard InChI is InChI=1S/C27H33N5O2/c1-21(33)30-25-12-14-31(15-13-25)20-24-9-7-22(8-10-24)11-16-32-27(34)17-26(19-29-32)28-18-23-5-3-2-4-6-23/h2-10,17,19,25,28H,11-16,18,20H2,1H3,(H,30,33). The van der Waals surface area contributed by atoms with Gasteiger partial charge in [-0.25, -0.2) is 4.68 Å². The van der Waals surface area contributed by atoms with Crippen LogP contribution >= 0.6 is 0 Å². The summed E-state index contributed by atoms with van der Waals surface area (Å²) >= 11 is 0. The van der Waals surface area contributed by atoms with Gasteiger partial charge in [-0.05, 0) is 36.0 Å². The van der Waals surface area contributed by atoms with Crippen LogP contribution in [0, 0.1) is 0 Å². The van der Waals surface area contributed by atoms with Crippen LogP contribution in [0.2, 0.25) is 0 Å². The highest BCUT2D eigenvalue weighted by Crippen LogP contribution is 2.15. The van der Waals surface area contributed by atoms with E-state index in [9.17, 15) is 9.59 Å². The minimum atomic E-state index is -0.0997. The van der Waals surface area contributed by atoms with Crippen LogP contribution in [-0.4, -0.2) is 39.7 Å². The first-order chi connectivity index (χ1) is 16.5. The van der Waals surface area contributed by atoms with Crippen molar-refractivity contribution >= 4 is 11.6 Å². The van der Waals surface area contributed by atoms with Crippen molar-refractivity contribution in [3.63, 3.8) is 0 Å². The summed E-state index contributed by atoms with van der Waals surface area (Å²) in [6.45, 7) is 5.71. The van der Waals surface area contributed by atoms with E-state index in [1.165, 1.54) is 15.8 Å². The minimum Gasteiger partial charge on any atom is -0.380 e. The molecule has 3 aromatic rings. The van der Waals surface area contributed by atoms with Gasteiger partial charge in [-0.1, -0.05) is 54.6 Å². The predicted molar refractivity (Wildman–Crippen MR) is 135 cm³/mol. The molecule has 1 fully saturated rings. The van der Waals surface area contributed by atoms with E-state index >= 15 is 0 Å². The van der Waals surface area contributed by atoms with Crippen molar-refractivity contribution in [2.75, 3.05) is 18.4 Å². The number of likely N-dealkylation sites (tertiary alicyclic amines) is 1. The number of aryl methyl sites for hydroxylation is 2. The van der Waals surface area contributed by atoms with Gasteiger partial charge >= 0.3 is 0 Å². The van der Waals surface area contributed by atoms with Crippen LogP contribution in [0.4, 0.5) is 5.69 Å². The molecule has 1 saturated heterocycles. The number of nitrogens with one attached hydrogen (secondary N) is 2. The topological polar surface area (TPSA) is 79.3 Å². The SMILES string of the molecule is CC(=O)NC1CCN(Cc2ccc(CCn3ncc(NCc4ccccc4)cc3=O)cc2)CC1. The molecule has 2 aromatic carbocycles. The van der Waals surface area contributed by atoms with Gasteiger partial charge in [0.05, 0.1) is 11.9 Å². The number of benzene rings is 2. The lowest BCUT2D eigenvalue weighted by Gasteiger charge is -2.32. The number of nitrogens with zero attached hydrogens (tertiary/aromatic N) is 3. The highest BCUT2D eigenvalue weighted by Gasteiger charge is 2.19. The molecule has 1 aromatic heterocycles. The smallest absolute Gasteiger partial charge is 0.268 e. The maximum Gasteiger partial charge on any atom is 0.268 e. The summed E-state index contributed by atoms with van der Waals surface area (Å²) in [6, 6.07) is 20.6. The van der Waals surface area contributed by atoms with E-state index in [0.29, 0.717) is 19.1 Å². The Kier molecular flexibility index (Phi) is 8.09. The van der Waals surface area contributed by atoms with Gasteiger partial charge in [-0.3, -0.25) is 14.5 Å². The molecule has 0 bridgehead atoms. The van der Waals surface area contributed by atoms with E-state index in [0.717, 1.165) is 50.1 Å². The van der Waals surface area contributed by atoms with Crippen molar-refractivity contribution in [1.29, 1.82) is 0 Å². The molecule has 7 heteroatoms. The van der Waals surface area contributed by atoms with Gasteiger partial charge in [0.15, 0.2) is 0 Å². The fourth-order valence-corrected chi connectivity index (χ4v) is 4.33. The van der Waals surface area contributed by atoms with E-state index in [2.05, 4.69) is 44.9 Å². The van der Waals surface area contributed by atoms with E-state index in [-0.39, 0.29) is 11.5 Å². The van der Waals surface area contributed by atoms with Gasteiger partial charge in [0, 0.05) is 51.8 Å². The number of anilines is 1. The van der Waals surface area contributed by atoms with Gasteiger partial charge in [0.25, 0.3) is 5.56 Å². The van der Waals surface area contributed by atoms with Crippen LogP contribution in [0.1, 0.15) is 36.5 Å². The third kappa shape index (κ3) is 7.02. The van der Waals surface area contributed by atoms with Gasteiger partial charge in [0.2, 0.25) is 5.91 Å². The maximum absolute atomic E-state index is 12.5. The van der Waals surface area contributed by atoms with E-state index in [1.54, 1.807) is 19.2 Å². The zero-order valence-corrected chi connectivity index (χ0v) is 19.7. The van der Waals surface area contributed by atoms with Crippen LogP contribution in [-0.2, 0) is 30.8 Å². The van der Waals surface area contributed by atoms with Gasteiger partial charge < -0.3 is 10.6 Å². The third-order valence-corrected chi connectivity index (χ3v) is 6.25. The average molecular weight is 460 g/mol. The van der Waals surface area contributed by atoms with Crippen molar-refractivity contribution in [1.82, 2.24) is 20.0 Å². The van der Waals surface area contributed by atoms with Crippen molar-refractivity contribution in [2.24, 2.45) is 0 Å². The zero-order chi connectivity index (χ0) is 23.8. The molecule has 4 rings (SSSR count). The van der Waals surface area contributed by atoms with Crippen LogP contribution < -0.4 is 16.2 Å². The lowest BCUT2D eigenvalue weighted by Crippen LogP contribution is -2.43. The Morgan fingerprint density at radius 3 is 2.38 bits per heavy atom. The second-order valence-corrected chi connectivity index (χ2v) is 8.96. The normalized spacial score (nSPS) is 14.6. The Morgan fingerprint density at radius 1 is 1.00 bits per heavy atom. The minimum absolute atomic E-state index is 0.0576. The lowest BCUT2D eigenvalue weighted by atomic mass is 10.0. The Hall–Kier alpha value is -3.45. The summed E-state index contributed by atoms with van der Waals surface area (Å²) in [4.78, 5) is 26.1. The second-order valence-electron chi connectivity index (χ2n) is 8.96. The molecular weight excluding hydrogens is 426 g/mol. The van der Waals surface area contributed by atoms with Gasteiger partial charge in [-0.2, -0.15) is 5.10 Å². The molecule has 0 spiro atoms. The van der Waals surface area contributed by atoms with E-state index < -0.39 is 0 Å². The van der Waals surface area contributed by atoms with Crippen LogP contribution in [0.5, 0.6) is 0 Å². The van der Waals surface area contributed by atoms with Gasteiger partial charge in [-0.15, -0.1) is 0 Å². The number of carbonyl (C=O) groups is 1. The van der Waals surface area contributed by atoms with Crippen molar-refractivity contribution in [3.05, 3.63) is 93.9 Å². The fourth-order valence-electron chi connectivity index (χ4n) is 4.33. The molecule has 1 aliphatic heterocycles. The molecule has 2 heterocycles. The summed E-state index contributed by atoms with van der Waals surface area (Å²) in [6.07, 6.45) is 4.47.